The molecule has 31 heavy (non-hydrogen) atoms. The Kier molecular flexibility index (Phi) is 6.14. The summed E-state index contributed by atoms with van der Waals surface area (Å²) in [6.45, 7) is 2.80. The Morgan fingerprint density at radius 3 is 2.81 bits per heavy atom. The number of rotatable bonds is 6. The molecule has 3 aromatic heterocycles. The summed E-state index contributed by atoms with van der Waals surface area (Å²) in [6, 6.07) is 7.72. The number of H-pyrrole nitrogens is 1. The molecule has 1 aliphatic rings. The van der Waals surface area contributed by atoms with Gasteiger partial charge < -0.3 is 15.6 Å². The second-order valence-corrected chi connectivity index (χ2v) is 9.53. The van der Waals surface area contributed by atoms with Gasteiger partial charge in [-0.25, -0.2) is 9.97 Å². The van der Waals surface area contributed by atoms with Crippen molar-refractivity contribution >= 4 is 51.5 Å². The van der Waals surface area contributed by atoms with Crippen LogP contribution >= 0.6 is 34.5 Å². The Morgan fingerprint density at radius 1 is 1.19 bits per heavy atom. The van der Waals surface area contributed by atoms with E-state index in [9.17, 15) is 0 Å². The normalized spacial score (nSPS) is 16.6. The Balaban J connectivity index is 1.57. The first-order valence-corrected chi connectivity index (χ1v) is 12.2. The minimum absolute atomic E-state index is 0.546. The van der Waals surface area contributed by atoms with Crippen molar-refractivity contribution in [1.82, 2.24) is 20.3 Å². The van der Waals surface area contributed by atoms with Gasteiger partial charge in [0.2, 0.25) is 5.95 Å². The van der Waals surface area contributed by atoms with Gasteiger partial charge >= 0.3 is 0 Å². The molecule has 5 rings (SSSR count). The van der Waals surface area contributed by atoms with Gasteiger partial charge in [0, 0.05) is 17.7 Å². The van der Waals surface area contributed by atoms with E-state index in [-0.39, 0.29) is 0 Å². The van der Waals surface area contributed by atoms with Gasteiger partial charge in [0.05, 0.1) is 33.0 Å². The number of hydrogen-bond donors (Lipinski definition) is 3. The lowest BCUT2D eigenvalue weighted by molar-refractivity contribution is 0.377. The quantitative estimate of drug-likeness (QED) is 0.315. The molecule has 0 saturated carbocycles. The third kappa shape index (κ3) is 4.44. The topological polar surface area (TPSA) is 65.6 Å². The van der Waals surface area contributed by atoms with Crippen LogP contribution < -0.4 is 10.6 Å². The van der Waals surface area contributed by atoms with E-state index in [1.807, 2.05) is 24.4 Å². The smallest absolute Gasteiger partial charge is 0.223 e. The molecule has 1 aromatic carbocycles. The number of thiophene rings is 1. The minimum atomic E-state index is 0.546. The molecule has 1 fully saturated rings. The van der Waals surface area contributed by atoms with Crippen molar-refractivity contribution < 1.29 is 0 Å². The molecule has 0 spiro atoms. The van der Waals surface area contributed by atoms with Crippen LogP contribution in [0.5, 0.6) is 0 Å². The van der Waals surface area contributed by atoms with Crippen molar-refractivity contribution in [1.29, 1.82) is 0 Å². The second kappa shape index (κ2) is 9.17. The lowest BCUT2D eigenvalue weighted by Gasteiger charge is -2.23. The van der Waals surface area contributed by atoms with E-state index < -0.39 is 0 Å². The maximum absolute atomic E-state index is 6.58. The third-order valence-corrected chi connectivity index (χ3v) is 7.13. The van der Waals surface area contributed by atoms with Gasteiger partial charge in [0.25, 0.3) is 0 Å². The van der Waals surface area contributed by atoms with E-state index in [1.54, 1.807) is 11.3 Å². The van der Waals surface area contributed by atoms with Crippen LogP contribution in [0.25, 0.3) is 22.3 Å². The summed E-state index contributed by atoms with van der Waals surface area (Å²) in [7, 11) is 0. The van der Waals surface area contributed by atoms with Crippen LogP contribution in [0.15, 0.2) is 41.2 Å². The second-order valence-electron chi connectivity index (χ2n) is 7.93. The first-order chi connectivity index (χ1) is 15.2. The SMILES string of the molecule is Clc1cccc(Cl)c1-c1[nH]c2cnc(NCc3ccsc3)nc2c1C[C@@H]1CCCNC1. The fraction of sp³-hybridized carbons (Fsp3) is 0.304. The highest BCUT2D eigenvalue weighted by Gasteiger charge is 2.23. The summed E-state index contributed by atoms with van der Waals surface area (Å²) in [5.41, 5.74) is 5.97. The number of halogens is 2. The molecule has 5 nitrogen and oxygen atoms in total. The number of aromatic amines is 1. The van der Waals surface area contributed by atoms with Gasteiger partial charge in [0.1, 0.15) is 0 Å². The molecule has 1 aliphatic heterocycles. The highest BCUT2D eigenvalue weighted by Crippen LogP contribution is 2.39. The number of piperidine rings is 1. The van der Waals surface area contributed by atoms with E-state index in [1.165, 1.54) is 18.4 Å². The molecular formula is C23H23Cl2N5S. The van der Waals surface area contributed by atoms with E-state index in [4.69, 9.17) is 28.2 Å². The molecular weight excluding hydrogens is 449 g/mol. The van der Waals surface area contributed by atoms with E-state index in [0.717, 1.165) is 47.4 Å². The van der Waals surface area contributed by atoms with Crippen molar-refractivity contribution in [3.63, 3.8) is 0 Å². The molecule has 0 radical (unpaired) electrons. The Bertz CT molecular complexity index is 1160. The van der Waals surface area contributed by atoms with Crippen molar-refractivity contribution in [2.24, 2.45) is 5.92 Å². The van der Waals surface area contributed by atoms with Crippen molar-refractivity contribution in [3.8, 4) is 11.3 Å². The molecule has 0 unspecified atom stereocenters. The van der Waals surface area contributed by atoms with Gasteiger partial charge in [-0.05, 0) is 72.8 Å². The van der Waals surface area contributed by atoms with E-state index >= 15 is 0 Å². The molecule has 1 saturated heterocycles. The van der Waals surface area contributed by atoms with Crippen molar-refractivity contribution in [2.75, 3.05) is 18.4 Å². The lowest BCUT2D eigenvalue weighted by atomic mass is 9.91. The average Bonchev–Trinajstić information content (AvgIpc) is 3.41. The van der Waals surface area contributed by atoms with Gasteiger partial charge in [-0.15, -0.1) is 0 Å². The predicted molar refractivity (Wildman–Crippen MR) is 130 cm³/mol. The van der Waals surface area contributed by atoms with Crippen molar-refractivity contribution in [3.05, 3.63) is 62.4 Å². The van der Waals surface area contributed by atoms with Gasteiger partial charge in [-0.1, -0.05) is 29.3 Å². The lowest BCUT2D eigenvalue weighted by Crippen LogP contribution is -2.30. The Labute approximate surface area is 195 Å². The van der Waals surface area contributed by atoms with Gasteiger partial charge in [-0.3, -0.25) is 0 Å². The molecule has 4 heterocycles. The summed E-state index contributed by atoms with van der Waals surface area (Å²) in [5.74, 6) is 1.17. The largest absolute Gasteiger partial charge is 0.352 e. The predicted octanol–water partition coefficient (Wildman–Crippen LogP) is 6.15. The zero-order chi connectivity index (χ0) is 21.2. The summed E-state index contributed by atoms with van der Waals surface area (Å²) >= 11 is 14.8. The van der Waals surface area contributed by atoms with Crippen LogP contribution in [0, 0.1) is 5.92 Å². The summed E-state index contributed by atoms with van der Waals surface area (Å²) in [4.78, 5) is 12.9. The number of aromatic nitrogens is 3. The van der Waals surface area contributed by atoms with Crippen LogP contribution in [0.4, 0.5) is 5.95 Å². The van der Waals surface area contributed by atoms with Gasteiger partial charge in [-0.2, -0.15) is 11.3 Å². The highest BCUT2D eigenvalue weighted by atomic mass is 35.5. The van der Waals surface area contributed by atoms with Crippen LogP contribution in [0.3, 0.4) is 0 Å². The molecule has 0 aliphatic carbocycles. The fourth-order valence-electron chi connectivity index (χ4n) is 4.23. The zero-order valence-electron chi connectivity index (χ0n) is 16.9. The summed E-state index contributed by atoms with van der Waals surface area (Å²) < 4.78 is 0. The standard InChI is InChI=1S/C23H23Cl2N5S/c24-17-4-1-5-18(25)20(17)22-16(9-14-3-2-7-26-10-14)21-19(29-22)12-28-23(30-21)27-11-15-6-8-31-13-15/h1,4-6,8,12-14,26,29H,2-3,7,9-11H2,(H,27,28,30)/t14-/m0/s1. The molecule has 3 N–H and O–H groups in total. The first-order valence-electron chi connectivity index (χ1n) is 10.5. The first kappa shape index (κ1) is 20.8. The Morgan fingerprint density at radius 2 is 2.06 bits per heavy atom. The Hall–Kier alpha value is -2.12. The number of nitrogens with one attached hydrogen (secondary N) is 3. The number of benzene rings is 1. The average molecular weight is 472 g/mol. The van der Waals surface area contributed by atoms with Crippen LogP contribution in [-0.2, 0) is 13.0 Å². The van der Waals surface area contributed by atoms with Crippen LogP contribution in [0.1, 0.15) is 24.0 Å². The number of nitrogens with zero attached hydrogens (tertiary/aromatic N) is 2. The number of anilines is 1. The monoisotopic (exact) mass is 471 g/mol. The summed E-state index contributed by atoms with van der Waals surface area (Å²) in [6.07, 6.45) is 5.14. The fourth-order valence-corrected chi connectivity index (χ4v) is 5.48. The molecule has 1 atom stereocenters. The third-order valence-electron chi connectivity index (χ3n) is 5.77. The zero-order valence-corrected chi connectivity index (χ0v) is 19.2. The maximum Gasteiger partial charge on any atom is 0.223 e. The number of fused-ring (bicyclic) bond motifs is 1. The molecule has 8 heteroatoms. The van der Waals surface area contributed by atoms with Gasteiger partial charge in [0.15, 0.2) is 0 Å². The highest BCUT2D eigenvalue weighted by molar-refractivity contribution is 7.07. The van der Waals surface area contributed by atoms with Crippen LogP contribution in [0.2, 0.25) is 10.0 Å². The van der Waals surface area contributed by atoms with E-state index in [0.29, 0.717) is 28.5 Å². The van der Waals surface area contributed by atoms with Crippen molar-refractivity contribution in [2.45, 2.75) is 25.8 Å². The van der Waals surface area contributed by atoms with E-state index in [2.05, 4.69) is 37.4 Å². The molecule has 4 aromatic rings. The molecule has 160 valence electrons. The minimum Gasteiger partial charge on any atom is -0.352 e. The number of hydrogen-bond acceptors (Lipinski definition) is 5. The molecule has 0 amide bonds. The van der Waals surface area contributed by atoms with Crippen LogP contribution in [-0.4, -0.2) is 28.0 Å². The summed E-state index contributed by atoms with van der Waals surface area (Å²) in [5, 5.41) is 12.3. The maximum atomic E-state index is 6.58. The molecule has 0 bridgehead atoms.